The van der Waals surface area contributed by atoms with Crippen molar-refractivity contribution in [3.8, 4) is 5.75 Å². The summed E-state index contributed by atoms with van der Waals surface area (Å²) in [6, 6.07) is 14.0. The number of hydrogen-bond donors (Lipinski definition) is 0. The summed E-state index contributed by atoms with van der Waals surface area (Å²) >= 11 is 0. The third-order valence-corrected chi connectivity index (χ3v) is 7.62. The van der Waals surface area contributed by atoms with Crippen LogP contribution in [0.15, 0.2) is 65.6 Å². The Morgan fingerprint density at radius 1 is 0.944 bits per heavy atom. The molecule has 0 aromatic heterocycles. The summed E-state index contributed by atoms with van der Waals surface area (Å²) in [7, 11) is -3.75. The summed E-state index contributed by atoms with van der Waals surface area (Å²) in [5.41, 5.74) is 0.219. The van der Waals surface area contributed by atoms with Crippen LogP contribution in [0.4, 0.5) is 13.2 Å². The van der Waals surface area contributed by atoms with Gasteiger partial charge in [0, 0.05) is 44.1 Å². The number of carboxylic acids is 1. The highest BCUT2D eigenvalue weighted by atomic mass is 32.2. The van der Waals surface area contributed by atoms with E-state index in [2.05, 4.69) is 4.74 Å². The minimum atomic E-state index is -4.94. The summed E-state index contributed by atoms with van der Waals surface area (Å²) < 4.78 is 69.2. The molecule has 0 atom stereocenters. The van der Waals surface area contributed by atoms with Crippen molar-refractivity contribution >= 4 is 32.7 Å². The Morgan fingerprint density at radius 2 is 1.61 bits per heavy atom. The van der Waals surface area contributed by atoms with Crippen LogP contribution in [0.1, 0.15) is 15.9 Å². The van der Waals surface area contributed by atoms with E-state index in [9.17, 15) is 36.3 Å². The molecule has 0 N–H and O–H groups in total. The maximum absolute atomic E-state index is 13.4. The molecule has 12 heteroatoms. The summed E-state index contributed by atoms with van der Waals surface area (Å²) in [5.74, 6) is -2.49. The number of carbonyl (C=O) groups is 2. The molecule has 0 aliphatic carbocycles. The van der Waals surface area contributed by atoms with Gasteiger partial charge in [-0.25, -0.2) is 8.42 Å². The van der Waals surface area contributed by atoms with Gasteiger partial charge in [-0.3, -0.25) is 4.79 Å². The largest absolute Gasteiger partial charge is 0.573 e. The third kappa shape index (κ3) is 5.60. The Morgan fingerprint density at radius 3 is 2.22 bits per heavy atom. The van der Waals surface area contributed by atoms with E-state index in [0.29, 0.717) is 5.39 Å². The number of carboxylic acid groups (broad SMARTS) is 1. The number of nitrogens with zero attached hydrogens (tertiary/aromatic N) is 2. The van der Waals surface area contributed by atoms with Gasteiger partial charge in [-0.05, 0) is 46.7 Å². The number of amides is 1. The molecular formula is C24H20F3N2O6S-. The molecule has 0 radical (unpaired) electrons. The van der Waals surface area contributed by atoms with Crippen molar-refractivity contribution in [3.63, 3.8) is 0 Å². The highest BCUT2D eigenvalue weighted by molar-refractivity contribution is 7.89. The smallest absolute Gasteiger partial charge is 0.550 e. The van der Waals surface area contributed by atoms with E-state index in [-0.39, 0.29) is 47.6 Å². The second-order valence-corrected chi connectivity index (χ2v) is 10.1. The van der Waals surface area contributed by atoms with Crippen LogP contribution in [-0.2, 0) is 21.2 Å². The van der Waals surface area contributed by atoms with Crippen LogP contribution in [0.3, 0.4) is 0 Å². The number of ether oxygens (including phenoxy) is 1. The average molecular weight is 521 g/mol. The number of rotatable bonds is 6. The zero-order chi connectivity index (χ0) is 26.1. The van der Waals surface area contributed by atoms with Gasteiger partial charge in [-0.1, -0.05) is 30.3 Å². The van der Waals surface area contributed by atoms with Gasteiger partial charge in [0.1, 0.15) is 5.75 Å². The Bertz CT molecular complexity index is 1400. The van der Waals surface area contributed by atoms with Gasteiger partial charge in [0.25, 0.3) is 5.91 Å². The fraction of sp³-hybridized carbons (Fsp3) is 0.250. The molecule has 0 saturated carbocycles. The van der Waals surface area contributed by atoms with Gasteiger partial charge in [0.15, 0.2) is 0 Å². The SMILES string of the molecule is O=C([O-])Cc1cc(C(=O)N2CCN(S(=O)(=O)c3ccccc3)CC2)c2cc(OC(F)(F)F)ccc2c1. The van der Waals surface area contributed by atoms with Crippen LogP contribution in [0, 0.1) is 0 Å². The first-order valence-corrected chi connectivity index (χ1v) is 12.2. The Balaban J connectivity index is 1.63. The van der Waals surface area contributed by atoms with Crippen LogP contribution in [0.5, 0.6) is 5.75 Å². The molecule has 0 bridgehead atoms. The molecule has 3 aromatic carbocycles. The molecule has 4 rings (SSSR count). The van der Waals surface area contributed by atoms with Crippen molar-refractivity contribution in [2.24, 2.45) is 0 Å². The van der Waals surface area contributed by atoms with Crippen molar-refractivity contribution in [2.75, 3.05) is 26.2 Å². The average Bonchev–Trinajstić information content (AvgIpc) is 2.82. The molecule has 1 aliphatic rings. The molecule has 1 heterocycles. The molecule has 1 saturated heterocycles. The van der Waals surface area contributed by atoms with E-state index in [1.807, 2.05) is 0 Å². The van der Waals surface area contributed by atoms with Crippen molar-refractivity contribution < 1.29 is 41.0 Å². The minimum absolute atomic E-state index is 0.0159. The zero-order valence-corrected chi connectivity index (χ0v) is 19.5. The Hall–Kier alpha value is -3.64. The molecule has 1 aliphatic heterocycles. The molecular weight excluding hydrogens is 501 g/mol. The van der Waals surface area contributed by atoms with Crippen molar-refractivity contribution in [2.45, 2.75) is 17.7 Å². The molecule has 36 heavy (non-hydrogen) atoms. The number of halogens is 3. The number of aliphatic carboxylic acids is 1. The first kappa shape index (κ1) is 25.5. The Kier molecular flexibility index (Phi) is 6.92. The number of benzene rings is 3. The summed E-state index contributed by atoms with van der Waals surface area (Å²) in [4.78, 5) is 26.0. The summed E-state index contributed by atoms with van der Waals surface area (Å²) in [6.07, 6.45) is -5.44. The van der Waals surface area contributed by atoms with Gasteiger partial charge < -0.3 is 19.5 Å². The lowest BCUT2D eigenvalue weighted by molar-refractivity contribution is -0.304. The first-order chi connectivity index (χ1) is 16.9. The second-order valence-electron chi connectivity index (χ2n) is 8.13. The van der Waals surface area contributed by atoms with Crippen LogP contribution in [0.2, 0.25) is 0 Å². The number of fused-ring (bicyclic) bond motifs is 1. The second kappa shape index (κ2) is 9.78. The number of piperazine rings is 1. The lowest BCUT2D eigenvalue weighted by Crippen LogP contribution is -2.50. The lowest BCUT2D eigenvalue weighted by Gasteiger charge is -2.34. The molecule has 0 unspecified atom stereocenters. The first-order valence-electron chi connectivity index (χ1n) is 10.8. The monoisotopic (exact) mass is 521 g/mol. The van der Waals surface area contributed by atoms with Crippen LogP contribution < -0.4 is 9.84 Å². The summed E-state index contributed by atoms with van der Waals surface area (Å²) in [5, 5.41) is 11.6. The predicted molar refractivity (Wildman–Crippen MR) is 120 cm³/mol. The maximum Gasteiger partial charge on any atom is 0.573 e. The molecule has 3 aromatic rings. The highest BCUT2D eigenvalue weighted by Crippen LogP contribution is 2.30. The molecule has 1 amide bonds. The Labute approximate surface area is 204 Å². The number of carbonyl (C=O) groups excluding carboxylic acids is 2. The summed E-state index contributed by atoms with van der Waals surface area (Å²) in [6.45, 7) is 0.107. The van der Waals surface area contributed by atoms with Gasteiger partial charge in [-0.15, -0.1) is 13.2 Å². The van der Waals surface area contributed by atoms with Gasteiger partial charge in [0.2, 0.25) is 10.0 Å². The predicted octanol–water partition coefficient (Wildman–Crippen LogP) is 2.18. The normalized spacial score (nSPS) is 15.1. The minimum Gasteiger partial charge on any atom is -0.550 e. The topological polar surface area (TPSA) is 107 Å². The van der Waals surface area contributed by atoms with Crippen molar-refractivity contribution in [1.29, 1.82) is 0 Å². The van der Waals surface area contributed by atoms with Crippen molar-refractivity contribution in [1.82, 2.24) is 9.21 Å². The fourth-order valence-electron chi connectivity index (χ4n) is 4.09. The third-order valence-electron chi connectivity index (χ3n) is 5.70. The maximum atomic E-state index is 13.4. The van der Waals surface area contributed by atoms with E-state index in [4.69, 9.17) is 0 Å². The number of hydrogen-bond acceptors (Lipinski definition) is 6. The molecule has 1 fully saturated rings. The molecule has 0 spiro atoms. The number of alkyl halides is 3. The fourth-order valence-corrected chi connectivity index (χ4v) is 5.53. The van der Waals surface area contributed by atoms with E-state index < -0.39 is 40.4 Å². The van der Waals surface area contributed by atoms with Crippen LogP contribution in [-0.4, -0.2) is 62.0 Å². The van der Waals surface area contributed by atoms with Crippen molar-refractivity contribution in [3.05, 3.63) is 71.8 Å². The zero-order valence-electron chi connectivity index (χ0n) is 18.7. The van der Waals surface area contributed by atoms with E-state index >= 15 is 0 Å². The van der Waals surface area contributed by atoms with Crippen LogP contribution in [0.25, 0.3) is 10.8 Å². The standard InChI is InChI=1S/C24H21F3N2O6S/c25-24(26,27)35-18-7-6-17-12-16(14-22(30)31)13-21(20(17)15-18)23(32)28-8-10-29(11-9-28)36(33,34)19-4-2-1-3-5-19/h1-7,12-13,15H,8-11,14H2,(H,30,31)/p-1. The van der Waals surface area contributed by atoms with E-state index in [1.54, 1.807) is 18.2 Å². The molecule has 8 nitrogen and oxygen atoms in total. The molecule has 190 valence electrons. The van der Waals surface area contributed by atoms with Gasteiger partial charge in [0.05, 0.1) is 4.90 Å². The van der Waals surface area contributed by atoms with E-state index in [1.165, 1.54) is 39.5 Å². The van der Waals surface area contributed by atoms with Crippen LogP contribution >= 0.6 is 0 Å². The van der Waals surface area contributed by atoms with E-state index in [0.717, 1.165) is 12.1 Å². The van der Waals surface area contributed by atoms with Gasteiger partial charge in [-0.2, -0.15) is 4.31 Å². The number of sulfonamides is 1. The quantitative estimate of drug-likeness (QED) is 0.492. The van der Waals surface area contributed by atoms with Gasteiger partial charge >= 0.3 is 6.36 Å². The lowest BCUT2D eigenvalue weighted by atomic mass is 9.98. The highest BCUT2D eigenvalue weighted by Gasteiger charge is 2.32.